The second-order valence-electron chi connectivity index (χ2n) is 6.55. The fourth-order valence-corrected chi connectivity index (χ4v) is 2.99. The molecule has 2 heterocycles. The lowest BCUT2D eigenvalue weighted by molar-refractivity contribution is -0.151. The molecule has 0 aromatic heterocycles. The van der Waals surface area contributed by atoms with Gasteiger partial charge in [0.05, 0.1) is 13.2 Å². The highest BCUT2D eigenvalue weighted by molar-refractivity contribution is 5.93. The molecule has 3 rings (SSSR count). The standard InChI is InChI=1S/C19H24N2O6/c22-17(13-27-19(24)12-21-8-3-1-2-5-18(21)23)20-14-6-7-15-16(11-14)26-10-4-9-25-15/h6-7,11H,1-5,8-10,12-13H2,(H,20,22). The van der Waals surface area contributed by atoms with Crippen molar-refractivity contribution >= 4 is 23.5 Å². The first kappa shape index (κ1) is 19.0. The molecule has 8 heteroatoms. The van der Waals surface area contributed by atoms with Crippen molar-refractivity contribution in [2.75, 3.05) is 38.2 Å². The fraction of sp³-hybridized carbons (Fsp3) is 0.526. The minimum absolute atomic E-state index is 0.0406. The van der Waals surface area contributed by atoms with E-state index < -0.39 is 18.5 Å². The average molecular weight is 376 g/mol. The Morgan fingerprint density at radius 2 is 1.89 bits per heavy atom. The Morgan fingerprint density at radius 1 is 1.07 bits per heavy atom. The number of nitrogens with zero attached hydrogens (tertiary/aromatic N) is 1. The van der Waals surface area contributed by atoms with Crippen molar-refractivity contribution in [3.8, 4) is 11.5 Å². The van der Waals surface area contributed by atoms with Crippen LogP contribution in [0.25, 0.3) is 0 Å². The van der Waals surface area contributed by atoms with Gasteiger partial charge in [-0.3, -0.25) is 14.4 Å². The Bertz CT molecular complexity index is 705. The highest BCUT2D eigenvalue weighted by Crippen LogP contribution is 2.32. The molecule has 146 valence electrons. The Kier molecular flexibility index (Phi) is 6.51. The SMILES string of the molecule is O=C(COC(=O)CN1CCCCCC1=O)Nc1ccc2c(c1)OCCCO2. The van der Waals surface area contributed by atoms with Gasteiger partial charge in [-0.15, -0.1) is 0 Å². The number of anilines is 1. The first-order valence-electron chi connectivity index (χ1n) is 9.25. The highest BCUT2D eigenvalue weighted by Gasteiger charge is 2.20. The number of likely N-dealkylation sites (tertiary alicyclic amines) is 1. The molecule has 0 atom stereocenters. The van der Waals surface area contributed by atoms with Gasteiger partial charge in [-0.2, -0.15) is 0 Å². The minimum atomic E-state index is -0.584. The van der Waals surface area contributed by atoms with E-state index in [1.54, 1.807) is 18.2 Å². The van der Waals surface area contributed by atoms with Gasteiger partial charge in [0.15, 0.2) is 18.1 Å². The van der Waals surface area contributed by atoms with Crippen molar-refractivity contribution < 1.29 is 28.6 Å². The maximum absolute atomic E-state index is 12.0. The van der Waals surface area contributed by atoms with Crippen molar-refractivity contribution in [1.82, 2.24) is 4.90 Å². The van der Waals surface area contributed by atoms with Crippen LogP contribution in [0.1, 0.15) is 32.1 Å². The molecule has 2 amide bonds. The van der Waals surface area contributed by atoms with Crippen molar-refractivity contribution in [2.45, 2.75) is 32.1 Å². The molecule has 0 spiro atoms. The quantitative estimate of drug-likeness (QED) is 0.787. The summed E-state index contributed by atoms with van der Waals surface area (Å²) in [7, 11) is 0. The van der Waals surface area contributed by atoms with Crippen LogP contribution in [0.15, 0.2) is 18.2 Å². The van der Waals surface area contributed by atoms with Crippen LogP contribution in [0, 0.1) is 0 Å². The molecular formula is C19H24N2O6. The summed E-state index contributed by atoms with van der Waals surface area (Å²) in [5.74, 6) is 0.126. The lowest BCUT2D eigenvalue weighted by atomic mass is 10.2. The zero-order valence-electron chi connectivity index (χ0n) is 15.2. The molecule has 1 aromatic carbocycles. The van der Waals surface area contributed by atoms with Gasteiger partial charge in [0.1, 0.15) is 6.54 Å². The number of hydrogen-bond donors (Lipinski definition) is 1. The molecule has 1 N–H and O–H groups in total. The minimum Gasteiger partial charge on any atom is -0.490 e. The van der Waals surface area contributed by atoms with Gasteiger partial charge in [0.2, 0.25) is 5.91 Å². The molecule has 0 aliphatic carbocycles. The van der Waals surface area contributed by atoms with E-state index in [1.807, 2.05) is 0 Å². The Hall–Kier alpha value is -2.77. The third kappa shape index (κ3) is 5.60. The summed E-state index contributed by atoms with van der Waals surface area (Å²) in [6.07, 6.45) is 3.96. The number of ether oxygens (including phenoxy) is 3. The van der Waals surface area contributed by atoms with Gasteiger partial charge in [-0.05, 0) is 25.0 Å². The first-order valence-corrected chi connectivity index (χ1v) is 9.25. The zero-order valence-corrected chi connectivity index (χ0v) is 15.2. The molecule has 8 nitrogen and oxygen atoms in total. The predicted molar refractivity (Wildman–Crippen MR) is 96.7 cm³/mol. The second kappa shape index (κ2) is 9.25. The topological polar surface area (TPSA) is 94.2 Å². The summed E-state index contributed by atoms with van der Waals surface area (Å²) in [6, 6.07) is 5.10. The van der Waals surface area contributed by atoms with Crippen LogP contribution < -0.4 is 14.8 Å². The molecule has 0 bridgehead atoms. The van der Waals surface area contributed by atoms with Gasteiger partial charge in [-0.25, -0.2) is 0 Å². The van der Waals surface area contributed by atoms with Crippen molar-refractivity contribution in [3.63, 3.8) is 0 Å². The molecule has 2 aliphatic heterocycles. The van der Waals surface area contributed by atoms with E-state index in [-0.39, 0.29) is 12.5 Å². The summed E-state index contributed by atoms with van der Waals surface area (Å²) in [5.41, 5.74) is 0.531. The fourth-order valence-electron chi connectivity index (χ4n) is 2.99. The molecular weight excluding hydrogens is 352 g/mol. The van der Waals surface area contributed by atoms with Gasteiger partial charge < -0.3 is 24.4 Å². The van der Waals surface area contributed by atoms with Gasteiger partial charge >= 0.3 is 5.97 Å². The molecule has 2 aliphatic rings. The summed E-state index contributed by atoms with van der Waals surface area (Å²) < 4.78 is 16.1. The van der Waals surface area contributed by atoms with E-state index in [0.29, 0.717) is 43.4 Å². The Labute approximate surface area is 157 Å². The summed E-state index contributed by atoms with van der Waals surface area (Å²) in [4.78, 5) is 37.3. The van der Waals surface area contributed by atoms with E-state index in [4.69, 9.17) is 14.2 Å². The van der Waals surface area contributed by atoms with Crippen LogP contribution in [0.3, 0.4) is 0 Å². The molecule has 1 fully saturated rings. The zero-order chi connectivity index (χ0) is 19.1. The summed E-state index contributed by atoms with van der Waals surface area (Å²) >= 11 is 0. The van der Waals surface area contributed by atoms with Crippen molar-refractivity contribution in [3.05, 3.63) is 18.2 Å². The number of benzene rings is 1. The highest BCUT2D eigenvalue weighted by atomic mass is 16.5. The van der Waals surface area contributed by atoms with Crippen LogP contribution in [0.2, 0.25) is 0 Å². The third-order valence-electron chi connectivity index (χ3n) is 4.39. The molecule has 27 heavy (non-hydrogen) atoms. The maximum Gasteiger partial charge on any atom is 0.326 e. The van der Waals surface area contributed by atoms with Crippen molar-refractivity contribution in [2.24, 2.45) is 0 Å². The van der Waals surface area contributed by atoms with E-state index in [2.05, 4.69) is 5.32 Å². The third-order valence-corrected chi connectivity index (χ3v) is 4.39. The van der Waals surface area contributed by atoms with Gasteiger partial charge in [-0.1, -0.05) is 6.42 Å². The van der Waals surface area contributed by atoms with E-state index in [9.17, 15) is 14.4 Å². The Balaban J connectivity index is 1.46. The predicted octanol–water partition coefficient (Wildman–Crippen LogP) is 1.73. The molecule has 1 aromatic rings. The Morgan fingerprint density at radius 3 is 2.74 bits per heavy atom. The van der Waals surface area contributed by atoms with E-state index >= 15 is 0 Å². The summed E-state index contributed by atoms with van der Waals surface area (Å²) in [5, 5.41) is 2.66. The van der Waals surface area contributed by atoms with Crippen molar-refractivity contribution in [1.29, 1.82) is 0 Å². The van der Waals surface area contributed by atoms with E-state index in [0.717, 1.165) is 25.7 Å². The van der Waals surface area contributed by atoms with Crippen LogP contribution in [-0.2, 0) is 19.1 Å². The molecule has 1 saturated heterocycles. The number of esters is 1. The number of fused-ring (bicyclic) bond motifs is 1. The second-order valence-corrected chi connectivity index (χ2v) is 6.55. The van der Waals surface area contributed by atoms with Gasteiger partial charge in [0.25, 0.3) is 5.91 Å². The lowest BCUT2D eigenvalue weighted by Gasteiger charge is -2.19. The molecule has 0 saturated carbocycles. The normalized spacial score (nSPS) is 16.9. The number of carbonyl (C=O) groups excluding carboxylic acids is 3. The number of amides is 2. The number of hydrogen-bond acceptors (Lipinski definition) is 6. The first-order chi connectivity index (χ1) is 13.1. The molecule has 0 radical (unpaired) electrons. The smallest absolute Gasteiger partial charge is 0.326 e. The molecule has 0 unspecified atom stereocenters. The van der Waals surface area contributed by atoms with Crippen LogP contribution in [0.5, 0.6) is 11.5 Å². The monoisotopic (exact) mass is 376 g/mol. The van der Waals surface area contributed by atoms with E-state index in [1.165, 1.54) is 4.90 Å². The van der Waals surface area contributed by atoms with Crippen LogP contribution >= 0.6 is 0 Å². The largest absolute Gasteiger partial charge is 0.490 e. The van der Waals surface area contributed by atoms with Crippen LogP contribution in [0.4, 0.5) is 5.69 Å². The number of nitrogens with one attached hydrogen (secondary N) is 1. The lowest BCUT2D eigenvalue weighted by Crippen LogP contribution is -2.36. The maximum atomic E-state index is 12.0. The number of rotatable bonds is 5. The number of carbonyl (C=O) groups is 3. The average Bonchev–Trinajstić information content (AvgIpc) is 3.00. The van der Waals surface area contributed by atoms with Gasteiger partial charge in [0, 0.05) is 31.1 Å². The van der Waals surface area contributed by atoms with Crippen LogP contribution in [-0.4, -0.2) is 55.6 Å². The summed E-state index contributed by atoms with van der Waals surface area (Å²) in [6.45, 7) is 1.17.